The van der Waals surface area contributed by atoms with Crippen molar-refractivity contribution in [3.63, 3.8) is 0 Å². The molecule has 0 bridgehead atoms. The van der Waals surface area contributed by atoms with Crippen LogP contribution in [0.1, 0.15) is 18.4 Å². The fourth-order valence-electron chi connectivity index (χ4n) is 2.18. The molecule has 0 radical (unpaired) electrons. The fraction of sp³-hybridized carbons (Fsp3) is 0.500. The van der Waals surface area contributed by atoms with Crippen molar-refractivity contribution in [2.24, 2.45) is 11.7 Å². The van der Waals surface area contributed by atoms with E-state index >= 15 is 0 Å². The highest BCUT2D eigenvalue weighted by molar-refractivity contribution is 5.51. The van der Waals surface area contributed by atoms with Gasteiger partial charge < -0.3 is 11.1 Å². The topological polar surface area (TPSA) is 38.0 Å². The van der Waals surface area contributed by atoms with Gasteiger partial charge >= 0.3 is 0 Å². The molecule has 1 aromatic carbocycles. The highest BCUT2D eigenvalue weighted by Crippen LogP contribution is 2.25. The molecule has 0 aromatic heterocycles. The van der Waals surface area contributed by atoms with Crippen LogP contribution in [0, 0.1) is 5.92 Å². The highest BCUT2D eigenvalue weighted by Gasteiger charge is 2.14. The first-order valence-electron chi connectivity index (χ1n) is 5.42. The number of anilines is 1. The van der Waals surface area contributed by atoms with E-state index in [4.69, 9.17) is 5.73 Å². The molecule has 1 aromatic rings. The Kier molecular flexibility index (Phi) is 3.04. The summed E-state index contributed by atoms with van der Waals surface area (Å²) in [6.45, 7) is 1.90. The first-order valence-corrected chi connectivity index (χ1v) is 5.42. The van der Waals surface area contributed by atoms with Gasteiger partial charge in [0.15, 0.2) is 0 Å². The number of para-hydroxylation sites is 1. The van der Waals surface area contributed by atoms with Crippen LogP contribution in [-0.4, -0.2) is 13.1 Å². The van der Waals surface area contributed by atoms with E-state index < -0.39 is 0 Å². The Morgan fingerprint density at radius 2 is 2.21 bits per heavy atom. The van der Waals surface area contributed by atoms with Crippen molar-refractivity contribution >= 4 is 5.69 Å². The third-order valence-corrected chi connectivity index (χ3v) is 2.97. The van der Waals surface area contributed by atoms with E-state index in [0.717, 1.165) is 25.4 Å². The lowest BCUT2D eigenvalue weighted by molar-refractivity contribution is 0.473. The monoisotopic (exact) mass is 190 g/mol. The second-order valence-corrected chi connectivity index (χ2v) is 4.02. The highest BCUT2D eigenvalue weighted by atomic mass is 14.9. The largest absolute Gasteiger partial charge is 0.385 e. The van der Waals surface area contributed by atoms with Gasteiger partial charge in [0.05, 0.1) is 0 Å². The van der Waals surface area contributed by atoms with Gasteiger partial charge in [0.2, 0.25) is 0 Å². The van der Waals surface area contributed by atoms with E-state index in [-0.39, 0.29) is 0 Å². The lowest BCUT2D eigenvalue weighted by Gasteiger charge is -2.11. The van der Waals surface area contributed by atoms with Crippen molar-refractivity contribution < 1.29 is 0 Å². The summed E-state index contributed by atoms with van der Waals surface area (Å²) in [7, 11) is 0. The van der Waals surface area contributed by atoms with Crippen molar-refractivity contribution in [3.8, 4) is 0 Å². The predicted octanol–water partition coefficient (Wildman–Crippen LogP) is 2.01. The summed E-state index contributed by atoms with van der Waals surface area (Å²) < 4.78 is 0. The van der Waals surface area contributed by atoms with Gasteiger partial charge in [-0.3, -0.25) is 0 Å². The number of nitrogens with one attached hydrogen (secondary N) is 1. The van der Waals surface area contributed by atoms with Gasteiger partial charge in [0.25, 0.3) is 0 Å². The quantitative estimate of drug-likeness (QED) is 0.748. The van der Waals surface area contributed by atoms with Crippen molar-refractivity contribution in [2.45, 2.75) is 19.3 Å². The Labute approximate surface area is 85.5 Å². The molecule has 2 nitrogen and oxygen atoms in total. The summed E-state index contributed by atoms with van der Waals surface area (Å²) in [6.07, 6.45) is 3.57. The van der Waals surface area contributed by atoms with Crippen molar-refractivity contribution in [2.75, 3.05) is 18.4 Å². The molecule has 1 unspecified atom stereocenters. The molecule has 14 heavy (non-hydrogen) atoms. The minimum atomic E-state index is 0.760. The molecular formula is C12H18N2. The van der Waals surface area contributed by atoms with Crippen molar-refractivity contribution in [1.82, 2.24) is 0 Å². The lowest BCUT2D eigenvalue weighted by Crippen LogP contribution is -2.12. The van der Waals surface area contributed by atoms with Gasteiger partial charge in [-0.25, -0.2) is 0 Å². The smallest absolute Gasteiger partial charge is 0.0372 e. The van der Waals surface area contributed by atoms with Crippen LogP contribution in [0.4, 0.5) is 5.69 Å². The molecule has 0 aliphatic carbocycles. The number of rotatable bonds is 2. The van der Waals surface area contributed by atoms with E-state index in [1.165, 1.54) is 24.1 Å². The third kappa shape index (κ3) is 2.07. The van der Waals surface area contributed by atoms with Gasteiger partial charge in [-0.2, -0.15) is 0 Å². The minimum Gasteiger partial charge on any atom is -0.385 e. The van der Waals surface area contributed by atoms with E-state index in [1.807, 2.05) is 0 Å². The molecule has 0 fully saturated rings. The Hall–Kier alpha value is -1.02. The SMILES string of the molecule is NCCC1CCNc2ccccc2C1. The van der Waals surface area contributed by atoms with Gasteiger partial charge in [0.1, 0.15) is 0 Å². The van der Waals surface area contributed by atoms with Crippen LogP contribution in [-0.2, 0) is 6.42 Å². The number of hydrogen-bond donors (Lipinski definition) is 2. The first kappa shape index (κ1) is 9.53. The van der Waals surface area contributed by atoms with Gasteiger partial charge in [-0.05, 0) is 43.4 Å². The second kappa shape index (κ2) is 4.47. The van der Waals surface area contributed by atoms with Crippen LogP contribution >= 0.6 is 0 Å². The molecule has 3 N–H and O–H groups in total. The summed E-state index contributed by atoms with van der Waals surface area (Å²) in [5.74, 6) is 0.760. The zero-order valence-corrected chi connectivity index (χ0v) is 8.50. The molecule has 0 spiro atoms. The lowest BCUT2D eigenvalue weighted by atomic mass is 9.94. The summed E-state index contributed by atoms with van der Waals surface area (Å²) in [6, 6.07) is 8.60. The van der Waals surface area contributed by atoms with E-state index in [2.05, 4.69) is 29.6 Å². The average molecular weight is 190 g/mol. The van der Waals surface area contributed by atoms with Crippen LogP contribution in [0.15, 0.2) is 24.3 Å². The van der Waals surface area contributed by atoms with E-state index in [9.17, 15) is 0 Å². The molecule has 1 heterocycles. The standard InChI is InChI=1S/C12H18N2/c13-7-5-10-6-8-14-12-4-2-1-3-11(12)9-10/h1-4,10,14H,5-9,13H2. The van der Waals surface area contributed by atoms with Crippen LogP contribution in [0.5, 0.6) is 0 Å². The Morgan fingerprint density at radius 3 is 3.07 bits per heavy atom. The molecule has 1 aliphatic rings. The Bertz CT molecular complexity index is 296. The number of benzene rings is 1. The zero-order valence-electron chi connectivity index (χ0n) is 8.50. The minimum absolute atomic E-state index is 0.760. The van der Waals surface area contributed by atoms with Gasteiger partial charge in [-0.15, -0.1) is 0 Å². The maximum Gasteiger partial charge on any atom is 0.0372 e. The first-order chi connectivity index (χ1) is 6.90. The summed E-state index contributed by atoms with van der Waals surface area (Å²) in [5.41, 5.74) is 8.37. The summed E-state index contributed by atoms with van der Waals surface area (Å²) >= 11 is 0. The van der Waals surface area contributed by atoms with Crippen LogP contribution < -0.4 is 11.1 Å². The Morgan fingerprint density at radius 1 is 1.36 bits per heavy atom. The summed E-state index contributed by atoms with van der Waals surface area (Å²) in [5, 5.41) is 3.47. The maximum atomic E-state index is 5.61. The molecule has 2 rings (SSSR count). The average Bonchev–Trinajstić information content (AvgIpc) is 2.40. The third-order valence-electron chi connectivity index (χ3n) is 2.97. The molecule has 0 saturated carbocycles. The van der Waals surface area contributed by atoms with Gasteiger partial charge in [0, 0.05) is 12.2 Å². The number of hydrogen-bond acceptors (Lipinski definition) is 2. The Balaban J connectivity index is 2.14. The van der Waals surface area contributed by atoms with Crippen LogP contribution in [0.25, 0.3) is 0 Å². The van der Waals surface area contributed by atoms with Crippen molar-refractivity contribution in [1.29, 1.82) is 0 Å². The normalized spacial score (nSPS) is 20.8. The fourth-order valence-corrected chi connectivity index (χ4v) is 2.18. The van der Waals surface area contributed by atoms with Crippen LogP contribution in [0.3, 0.4) is 0 Å². The van der Waals surface area contributed by atoms with Crippen molar-refractivity contribution in [3.05, 3.63) is 29.8 Å². The number of fused-ring (bicyclic) bond motifs is 1. The van der Waals surface area contributed by atoms with Gasteiger partial charge in [-0.1, -0.05) is 18.2 Å². The number of nitrogens with two attached hydrogens (primary N) is 1. The molecule has 0 amide bonds. The second-order valence-electron chi connectivity index (χ2n) is 4.02. The van der Waals surface area contributed by atoms with E-state index in [1.54, 1.807) is 0 Å². The molecule has 76 valence electrons. The molecular weight excluding hydrogens is 172 g/mol. The maximum absolute atomic E-state index is 5.61. The molecule has 0 saturated heterocycles. The molecule has 1 atom stereocenters. The molecule has 2 heteroatoms. The van der Waals surface area contributed by atoms with E-state index in [0.29, 0.717) is 0 Å². The predicted molar refractivity (Wildman–Crippen MR) is 60.4 cm³/mol. The molecule has 1 aliphatic heterocycles. The summed E-state index contributed by atoms with van der Waals surface area (Å²) in [4.78, 5) is 0. The zero-order chi connectivity index (χ0) is 9.80. The van der Waals surface area contributed by atoms with Crippen LogP contribution in [0.2, 0.25) is 0 Å².